The number of hydrogen-bond donors (Lipinski definition) is 3. The van der Waals surface area contributed by atoms with Gasteiger partial charge in [-0.15, -0.1) is 11.3 Å². The zero-order valence-electron chi connectivity index (χ0n) is 13.5. The molecule has 5 nitrogen and oxygen atoms in total. The molecule has 1 heterocycles. The molecule has 0 saturated heterocycles. The molecule has 3 N–H and O–H groups in total. The number of alkyl carbamates (subject to hydrolysis) is 1. The Morgan fingerprint density at radius 2 is 1.92 bits per heavy atom. The predicted molar refractivity (Wildman–Crippen MR) is 97.4 cm³/mol. The van der Waals surface area contributed by atoms with Crippen LogP contribution in [0.3, 0.4) is 0 Å². The van der Waals surface area contributed by atoms with Gasteiger partial charge in [0.05, 0.1) is 0 Å². The van der Waals surface area contributed by atoms with Gasteiger partial charge in [-0.25, -0.2) is 4.79 Å². The number of aliphatic hydroxyl groups is 2. The van der Waals surface area contributed by atoms with Crippen LogP contribution in [0.25, 0.3) is 10.1 Å². The lowest BCUT2D eigenvalue weighted by molar-refractivity contribution is 0.0185. The van der Waals surface area contributed by atoms with E-state index in [1.807, 2.05) is 53.9 Å². The summed E-state index contributed by atoms with van der Waals surface area (Å²) in [5.74, 6) is 0. The third-order valence-corrected chi connectivity index (χ3v) is 4.75. The van der Waals surface area contributed by atoms with Crippen LogP contribution in [0, 0.1) is 0 Å². The average molecular weight is 357 g/mol. The highest BCUT2D eigenvalue weighted by molar-refractivity contribution is 7.17. The molecule has 1 aromatic heterocycles. The summed E-state index contributed by atoms with van der Waals surface area (Å²) >= 11 is 1.62. The van der Waals surface area contributed by atoms with Crippen molar-refractivity contribution in [2.45, 2.75) is 18.8 Å². The van der Waals surface area contributed by atoms with E-state index in [1.54, 1.807) is 17.4 Å². The highest BCUT2D eigenvalue weighted by Gasteiger charge is 2.19. The Morgan fingerprint density at radius 3 is 2.72 bits per heavy atom. The van der Waals surface area contributed by atoms with Crippen LogP contribution in [0.2, 0.25) is 0 Å². The Hall–Kier alpha value is -2.41. The number of amides is 1. The highest BCUT2D eigenvalue weighted by atomic mass is 32.1. The van der Waals surface area contributed by atoms with E-state index in [4.69, 9.17) is 4.74 Å². The van der Waals surface area contributed by atoms with Crippen LogP contribution >= 0.6 is 11.3 Å². The average Bonchev–Trinajstić information content (AvgIpc) is 3.12. The third-order valence-electron chi connectivity index (χ3n) is 3.85. The van der Waals surface area contributed by atoms with Crippen molar-refractivity contribution in [2.24, 2.45) is 0 Å². The maximum atomic E-state index is 11.7. The molecule has 1 amide bonds. The lowest BCUT2D eigenvalue weighted by Crippen LogP contribution is -2.35. The Kier molecular flexibility index (Phi) is 5.65. The molecule has 2 unspecified atom stereocenters. The van der Waals surface area contributed by atoms with Crippen LogP contribution in [0.1, 0.15) is 17.2 Å². The van der Waals surface area contributed by atoms with Gasteiger partial charge in [0, 0.05) is 11.2 Å². The van der Waals surface area contributed by atoms with E-state index in [0.717, 1.165) is 15.6 Å². The monoisotopic (exact) mass is 357 g/mol. The zero-order valence-corrected chi connectivity index (χ0v) is 14.3. The van der Waals surface area contributed by atoms with E-state index in [0.29, 0.717) is 5.56 Å². The second kappa shape index (κ2) is 8.11. The van der Waals surface area contributed by atoms with Crippen molar-refractivity contribution in [3.8, 4) is 0 Å². The van der Waals surface area contributed by atoms with Gasteiger partial charge in [0.2, 0.25) is 0 Å². The topological polar surface area (TPSA) is 78.8 Å². The van der Waals surface area contributed by atoms with E-state index in [-0.39, 0.29) is 13.2 Å². The molecular weight excluding hydrogens is 338 g/mol. The standard InChI is InChI=1S/C19H19NO4S/c21-16(11-20-19(23)24-12-13-4-2-1-3-5-13)18(22)15-6-7-17-14(10-15)8-9-25-17/h1-10,16,18,21-22H,11-12H2,(H,20,23). The van der Waals surface area contributed by atoms with Crippen LogP contribution in [0.5, 0.6) is 0 Å². The van der Waals surface area contributed by atoms with Gasteiger partial charge in [-0.05, 0) is 40.1 Å². The molecule has 3 aromatic rings. The van der Waals surface area contributed by atoms with Gasteiger partial charge in [-0.3, -0.25) is 0 Å². The van der Waals surface area contributed by atoms with Crippen molar-refractivity contribution in [2.75, 3.05) is 6.54 Å². The first-order valence-corrected chi connectivity index (χ1v) is 8.79. The van der Waals surface area contributed by atoms with Crippen LogP contribution in [0.15, 0.2) is 60.0 Å². The van der Waals surface area contributed by atoms with Crippen LogP contribution in [0.4, 0.5) is 4.79 Å². The summed E-state index contributed by atoms with van der Waals surface area (Å²) in [6, 6.07) is 16.8. The molecule has 130 valence electrons. The Balaban J connectivity index is 1.49. The Bertz CT molecular complexity index is 834. The molecule has 0 aliphatic rings. The summed E-state index contributed by atoms with van der Waals surface area (Å²) in [4.78, 5) is 11.7. The smallest absolute Gasteiger partial charge is 0.407 e. The largest absolute Gasteiger partial charge is 0.445 e. The summed E-state index contributed by atoms with van der Waals surface area (Å²) in [5.41, 5.74) is 1.49. The molecule has 0 bridgehead atoms. The lowest BCUT2D eigenvalue weighted by atomic mass is 10.0. The first-order valence-electron chi connectivity index (χ1n) is 7.91. The van der Waals surface area contributed by atoms with Crippen LogP contribution < -0.4 is 5.32 Å². The first-order chi connectivity index (χ1) is 12.1. The molecule has 0 fully saturated rings. The van der Waals surface area contributed by atoms with Crippen molar-refractivity contribution < 1.29 is 19.7 Å². The van der Waals surface area contributed by atoms with Gasteiger partial charge in [-0.1, -0.05) is 36.4 Å². The van der Waals surface area contributed by atoms with Crippen molar-refractivity contribution in [1.29, 1.82) is 0 Å². The number of thiophene rings is 1. The molecule has 25 heavy (non-hydrogen) atoms. The van der Waals surface area contributed by atoms with E-state index in [9.17, 15) is 15.0 Å². The molecule has 0 aliphatic heterocycles. The number of hydrogen-bond acceptors (Lipinski definition) is 5. The van der Waals surface area contributed by atoms with Gasteiger partial charge >= 0.3 is 6.09 Å². The first kappa shape index (κ1) is 17.4. The second-order valence-electron chi connectivity index (χ2n) is 5.67. The van der Waals surface area contributed by atoms with E-state index in [2.05, 4.69) is 5.32 Å². The summed E-state index contributed by atoms with van der Waals surface area (Å²) in [6.45, 7) is 0.0522. The van der Waals surface area contributed by atoms with Gasteiger partial charge < -0.3 is 20.3 Å². The van der Waals surface area contributed by atoms with Crippen molar-refractivity contribution in [1.82, 2.24) is 5.32 Å². The number of carbonyl (C=O) groups is 1. The fourth-order valence-electron chi connectivity index (χ4n) is 2.46. The number of ether oxygens (including phenoxy) is 1. The normalized spacial score (nSPS) is 13.4. The molecule has 3 rings (SSSR count). The maximum absolute atomic E-state index is 11.7. The maximum Gasteiger partial charge on any atom is 0.407 e. The highest BCUT2D eigenvalue weighted by Crippen LogP contribution is 2.25. The number of carbonyl (C=O) groups excluding carboxylic acids is 1. The second-order valence-corrected chi connectivity index (χ2v) is 6.62. The predicted octanol–water partition coefficient (Wildman–Crippen LogP) is 3.22. The number of fused-ring (bicyclic) bond motifs is 1. The molecule has 0 spiro atoms. The molecular formula is C19H19NO4S. The summed E-state index contributed by atoms with van der Waals surface area (Å²) < 4.78 is 6.19. The van der Waals surface area contributed by atoms with E-state index >= 15 is 0 Å². The molecule has 0 radical (unpaired) electrons. The third kappa shape index (κ3) is 4.57. The van der Waals surface area contributed by atoms with E-state index < -0.39 is 18.3 Å². The zero-order chi connectivity index (χ0) is 17.6. The SMILES string of the molecule is O=C(NCC(O)C(O)c1ccc2sccc2c1)OCc1ccccc1. The molecule has 0 aliphatic carbocycles. The van der Waals surface area contributed by atoms with Crippen LogP contribution in [-0.2, 0) is 11.3 Å². The minimum atomic E-state index is -1.12. The fraction of sp³-hybridized carbons (Fsp3) is 0.211. The molecule has 2 aromatic carbocycles. The number of aliphatic hydroxyl groups excluding tert-OH is 2. The minimum Gasteiger partial charge on any atom is -0.445 e. The Morgan fingerprint density at radius 1 is 1.12 bits per heavy atom. The number of nitrogens with one attached hydrogen (secondary N) is 1. The van der Waals surface area contributed by atoms with Gasteiger partial charge in [0.15, 0.2) is 0 Å². The number of rotatable bonds is 6. The van der Waals surface area contributed by atoms with Gasteiger partial charge in [0.25, 0.3) is 0 Å². The fourth-order valence-corrected chi connectivity index (χ4v) is 3.24. The Labute approximate surface area is 149 Å². The lowest BCUT2D eigenvalue weighted by Gasteiger charge is -2.18. The summed E-state index contributed by atoms with van der Waals surface area (Å²) in [6.07, 6.45) is -2.84. The van der Waals surface area contributed by atoms with Crippen molar-refractivity contribution >= 4 is 27.5 Å². The number of benzene rings is 2. The summed E-state index contributed by atoms with van der Waals surface area (Å²) in [5, 5.41) is 25.8. The summed E-state index contributed by atoms with van der Waals surface area (Å²) in [7, 11) is 0. The van der Waals surface area contributed by atoms with Gasteiger partial charge in [-0.2, -0.15) is 0 Å². The van der Waals surface area contributed by atoms with Crippen LogP contribution in [-0.4, -0.2) is 29.0 Å². The molecule has 0 saturated carbocycles. The quantitative estimate of drug-likeness (QED) is 0.633. The molecule has 2 atom stereocenters. The van der Waals surface area contributed by atoms with Crippen molar-refractivity contribution in [3.05, 3.63) is 71.1 Å². The van der Waals surface area contributed by atoms with Crippen molar-refractivity contribution in [3.63, 3.8) is 0 Å². The van der Waals surface area contributed by atoms with E-state index in [1.165, 1.54) is 0 Å². The molecule has 6 heteroatoms. The van der Waals surface area contributed by atoms with Gasteiger partial charge in [0.1, 0.15) is 18.8 Å². The minimum absolute atomic E-state index is 0.101.